The van der Waals surface area contributed by atoms with Crippen molar-refractivity contribution < 1.29 is 9.47 Å². The maximum absolute atomic E-state index is 6.15. The van der Waals surface area contributed by atoms with Crippen molar-refractivity contribution in [2.24, 2.45) is 0 Å². The van der Waals surface area contributed by atoms with E-state index in [1.165, 1.54) is 11.8 Å². The van der Waals surface area contributed by atoms with Gasteiger partial charge >= 0.3 is 0 Å². The summed E-state index contributed by atoms with van der Waals surface area (Å²) in [6.07, 6.45) is 3.02. The van der Waals surface area contributed by atoms with Gasteiger partial charge in [-0.25, -0.2) is 9.97 Å². The molecule has 0 radical (unpaired) electrons. The van der Waals surface area contributed by atoms with Gasteiger partial charge in [-0.3, -0.25) is 4.57 Å². The van der Waals surface area contributed by atoms with Crippen LogP contribution in [0, 0.1) is 0 Å². The van der Waals surface area contributed by atoms with Crippen LogP contribution in [0.5, 0.6) is 11.5 Å². The smallest absolute Gasteiger partial charge is 0.203 e. The van der Waals surface area contributed by atoms with Crippen LogP contribution in [-0.4, -0.2) is 31.3 Å². The summed E-state index contributed by atoms with van der Waals surface area (Å²) >= 11 is 1.35. The minimum Gasteiger partial charge on any atom is -0.485 e. The Morgan fingerprint density at radius 1 is 0.857 bits per heavy atom. The van der Waals surface area contributed by atoms with Crippen LogP contribution in [0.25, 0.3) is 5.69 Å². The molecule has 0 fully saturated rings. The molecule has 3 heterocycles. The highest BCUT2D eigenvalue weighted by Crippen LogP contribution is 2.37. The molecule has 138 valence electrons. The van der Waals surface area contributed by atoms with Crippen LogP contribution >= 0.6 is 11.8 Å². The molecule has 0 amide bonds. The highest BCUT2D eigenvalue weighted by atomic mass is 32.2. The highest BCUT2D eigenvalue weighted by molar-refractivity contribution is 7.99. The van der Waals surface area contributed by atoms with Crippen LogP contribution in [0.3, 0.4) is 0 Å². The van der Waals surface area contributed by atoms with E-state index >= 15 is 0 Å². The third-order valence-corrected chi connectivity index (χ3v) is 5.03. The van der Waals surface area contributed by atoms with Crippen molar-refractivity contribution in [1.29, 1.82) is 0 Å². The number of fused-ring (bicyclic) bond motifs is 1. The summed E-state index contributed by atoms with van der Waals surface area (Å²) in [5.41, 5.74) is 0.934. The molecule has 8 heteroatoms. The number of benzene rings is 2. The molecule has 0 saturated heterocycles. The summed E-state index contributed by atoms with van der Waals surface area (Å²) in [4.78, 5) is 8.55. The Morgan fingerprint density at radius 3 is 2.43 bits per heavy atom. The summed E-state index contributed by atoms with van der Waals surface area (Å²) in [5, 5.41) is 10.1. The van der Waals surface area contributed by atoms with Gasteiger partial charge in [0, 0.05) is 18.1 Å². The van der Waals surface area contributed by atoms with E-state index in [-0.39, 0.29) is 6.10 Å². The molecule has 2 aromatic heterocycles. The third-order valence-electron chi connectivity index (χ3n) is 4.19. The second kappa shape index (κ2) is 7.32. The van der Waals surface area contributed by atoms with Gasteiger partial charge in [0.15, 0.2) is 28.6 Å². The van der Waals surface area contributed by atoms with Crippen LogP contribution in [0.1, 0.15) is 11.9 Å². The lowest BCUT2D eigenvalue weighted by molar-refractivity contribution is 0.0835. The van der Waals surface area contributed by atoms with Gasteiger partial charge in [0.05, 0.1) is 0 Å². The Kier molecular flexibility index (Phi) is 4.38. The van der Waals surface area contributed by atoms with Gasteiger partial charge in [0.1, 0.15) is 6.61 Å². The lowest BCUT2D eigenvalue weighted by Crippen LogP contribution is -2.24. The average Bonchev–Trinajstić information content (AvgIpc) is 3.18. The molecular formula is C20H15N5O2S. The van der Waals surface area contributed by atoms with Gasteiger partial charge < -0.3 is 9.47 Å². The van der Waals surface area contributed by atoms with E-state index in [1.807, 2.05) is 59.2 Å². The van der Waals surface area contributed by atoms with Crippen LogP contribution in [0.15, 0.2) is 83.4 Å². The van der Waals surface area contributed by atoms with Crippen LogP contribution in [0.2, 0.25) is 0 Å². The number of hydrogen-bond acceptors (Lipinski definition) is 7. The molecule has 0 aliphatic carbocycles. The first-order valence-corrected chi connectivity index (χ1v) is 9.54. The first kappa shape index (κ1) is 16.8. The Bertz CT molecular complexity index is 1090. The van der Waals surface area contributed by atoms with Crippen molar-refractivity contribution in [2.45, 2.75) is 16.4 Å². The molecule has 28 heavy (non-hydrogen) atoms. The molecule has 7 nitrogen and oxygen atoms in total. The third kappa shape index (κ3) is 3.18. The molecular weight excluding hydrogens is 374 g/mol. The molecule has 1 aliphatic rings. The molecule has 2 aromatic carbocycles. The van der Waals surface area contributed by atoms with E-state index in [9.17, 15) is 0 Å². The fraction of sp³-hybridized carbons (Fsp3) is 0.100. The van der Waals surface area contributed by atoms with Crippen molar-refractivity contribution >= 4 is 11.8 Å². The molecule has 0 unspecified atom stereocenters. The maximum Gasteiger partial charge on any atom is 0.203 e. The van der Waals surface area contributed by atoms with E-state index in [2.05, 4.69) is 20.2 Å². The number of rotatable bonds is 4. The Hall–Kier alpha value is -3.39. The lowest BCUT2D eigenvalue weighted by atomic mass is 10.2. The summed E-state index contributed by atoms with van der Waals surface area (Å²) in [6, 6.07) is 19.3. The second-order valence-electron chi connectivity index (χ2n) is 6.01. The molecule has 5 rings (SSSR count). The van der Waals surface area contributed by atoms with Gasteiger partial charge in [-0.05, 0) is 42.1 Å². The van der Waals surface area contributed by atoms with Gasteiger partial charge in [0.2, 0.25) is 5.16 Å². The number of nitrogens with zero attached hydrogens (tertiary/aromatic N) is 5. The van der Waals surface area contributed by atoms with Crippen molar-refractivity contribution in [3.8, 4) is 17.2 Å². The average molecular weight is 389 g/mol. The number of aromatic nitrogens is 5. The fourth-order valence-corrected chi connectivity index (χ4v) is 3.70. The van der Waals surface area contributed by atoms with Crippen LogP contribution in [0.4, 0.5) is 0 Å². The number of ether oxygens (including phenoxy) is 2. The molecule has 0 N–H and O–H groups in total. The first-order chi connectivity index (χ1) is 13.9. The van der Waals surface area contributed by atoms with E-state index in [0.29, 0.717) is 28.5 Å². The minimum atomic E-state index is -0.381. The number of hydrogen-bond donors (Lipinski definition) is 0. The molecule has 0 spiro atoms. The van der Waals surface area contributed by atoms with Gasteiger partial charge in [-0.1, -0.05) is 30.3 Å². The largest absolute Gasteiger partial charge is 0.485 e. The normalized spacial score (nSPS) is 15.4. The quantitative estimate of drug-likeness (QED) is 0.492. The minimum absolute atomic E-state index is 0.356. The first-order valence-electron chi connectivity index (χ1n) is 8.72. The van der Waals surface area contributed by atoms with Gasteiger partial charge in [-0.15, -0.1) is 10.2 Å². The molecule has 1 atom stereocenters. The van der Waals surface area contributed by atoms with Crippen LogP contribution in [-0.2, 0) is 0 Å². The van der Waals surface area contributed by atoms with E-state index < -0.39 is 0 Å². The summed E-state index contributed by atoms with van der Waals surface area (Å²) < 4.78 is 14.0. The topological polar surface area (TPSA) is 75.0 Å². The Morgan fingerprint density at radius 2 is 1.61 bits per heavy atom. The van der Waals surface area contributed by atoms with E-state index in [0.717, 1.165) is 11.4 Å². The number of para-hydroxylation sites is 3. The predicted molar refractivity (Wildman–Crippen MR) is 103 cm³/mol. The standard InChI is InChI=1S/C20H15N5O2S/c1-2-7-14(8-3-1)25-18(17-13-26-15-9-4-5-10-16(15)27-17)23-24-20(25)28-19-21-11-6-12-22-19/h1-12,17H,13H2/t17-/m1/s1. The molecule has 0 bridgehead atoms. The van der Waals surface area contributed by atoms with Crippen molar-refractivity contribution in [2.75, 3.05) is 6.61 Å². The van der Waals surface area contributed by atoms with Gasteiger partial charge in [-0.2, -0.15) is 0 Å². The maximum atomic E-state index is 6.15. The lowest BCUT2D eigenvalue weighted by Gasteiger charge is -2.26. The predicted octanol–water partition coefficient (Wildman–Crippen LogP) is 3.72. The summed E-state index contributed by atoms with van der Waals surface area (Å²) in [5.74, 6) is 2.10. The highest BCUT2D eigenvalue weighted by Gasteiger charge is 2.29. The molecule has 4 aromatic rings. The van der Waals surface area contributed by atoms with Crippen molar-refractivity contribution in [3.63, 3.8) is 0 Å². The molecule has 0 saturated carbocycles. The monoisotopic (exact) mass is 389 g/mol. The van der Waals surface area contributed by atoms with E-state index in [1.54, 1.807) is 18.5 Å². The SMILES string of the molecule is c1ccc(-n2c(Sc3ncccn3)nnc2[C@H]2COc3ccccc3O2)cc1. The van der Waals surface area contributed by atoms with Crippen LogP contribution < -0.4 is 9.47 Å². The van der Waals surface area contributed by atoms with Crippen molar-refractivity contribution in [3.05, 3.63) is 78.9 Å². The zero-order chi connectivity index (χ0) is 18.8. The molecule has 1 aliphatic heterocycles. The fourth-order valence-electron chi connectivity index (χ4n) is 2.94. The van der Waals surface area contributed by atoms with Crippen molar-refractivity contribution in [1.82, 2.24) is 24.7 Å². The summed E-state index contributed by atoms with van der Waals surface area (Å²) in [7, 11) is 0. The Balaban J connectivity index is 1.55. The Labute approximate surface area is 165 Å². The zero-order valence-electron chi connectivity index (χ0n) is 14.7. The van der Waals surface area contributed by atoms with E-state index in [4.69, 9.17) is 9.47 Å². The second-order valence-corrected chi connectivity index (χ2v) is 6.94. The summed E-state index contributed by atoms with van der Waals surface area (Å²) in [6.45, 7) is 0.356. The van der Waals surface area contributed by atoms with Gasteiger partial charge in [0.25, 0.3) is 0 Å². The zero-order valence-corrected chi connectivity index (χ0v) is 15.5.